The molecular formula is C11H20ClNOS. The molecule has 15 heavy (non-hydrogen) atoms. The summed E-state index contributed by atoms with van der Waals surface area (Å²) in [4.78, 5) is 13.6. The SMILES string of the molecule is CC(Cl)CN(C)C(=O)CC1CCSCC1. The van der Waals surface area contributed by atoms with Gasteiger partial charge in [-0.15, -0.1) is 11.6 Å². The Kier molecular flexibility index (Phi) is 5.83. The van der Waals surface area contributed by atoms with Crippen molar-refractivity contribution < 1.29 is 4.79 Å². The average Bonchev–Trinajstić information content (AvgIpc) is 2.18. The lowest BCUT2D eigenvalue weighted by Gasteiger charge is -2.24. The van der Waals surface area contributed by atoms with Crippen molar-refractivity contribution in [1.82, 2.24) is 4.90 Å². The molecule has 0 radical (unpaired) electrons. The zero-order chi connectivity index (χ0) is 11.3. The summed E-state index contributed by atoms with van der Waals surface area (Å²) in [7, 11) is 1.85. The van der Waals surface area contributed by atoms with Crippen LogP contribution in [0.25, 0.3) is 0 Å². The summed E-state index contributed by atoms with van der Waals surface area (Å²) >= 11 is 7.86. The summed E-state index contributed by atoms with van der Waals surface area (Å²) in [6.45, 7) is 2.57. The van der Waals surface area contributed by atoms with Gasteiger partial charge in [-0.1, -0.05) is 0 Å². The quantitative estimate of drug-likeness (QED) is 0.714. The van der Waals surface area contributed by atoms with Gasteiger partial charge in [-0.25, -0.2) is 0 Å². The number of hydrogen-bond donors (Lipinski definition) is 0. The van der Waals surface area contributed by atoms with E-state index in [2.05, 4.69) is 0 Å². The van der Waals surface area contributed by atoms with Crippen molar-refractivity contribution in [3.63, 3.8) is 0 Å². The zero-order valence-electron chi connectivity index (χ0n) is 9.54. The lowest BCUT2D eigenvalue weighted by Crippen LogP contribution is -2.33. The Morgan fingerprint density at radius 1 is 1.53 bits per heavy atom. The fraction of sp³-hybridized carbons (Fsp3) is 0.909. The number of carbonyl (C=O) groups excluding carboxylic acids is 1. The van der Waals surface area contributed by atoms with Crippen LogP contribution in [0.3, 0.4) is 0 Å². The van der Waals surface area contributed by atoms with Crippen molar-refractivity contribution in [2.45, 2.75) is 31.6 Å². The van der Waals surface area contributed by atoms with Gasteiger partial charge in [0.1, 0.15) is 0 Å². The summed E-state index contributed by atoms with van der Waals surface area (Å²) in [6, 6.07) is 0. The van der Waals surface area contributed by atoms with Crippen LogP contribution in [0.5, 0.6) is 0 Å². The van der Waals surface area contributed by atoms with Crippen LogP contribution in [-0.4, -0.2) is 41.3 Å². The van der Waals surface area contributed by atoms with Crippen LogP contribution in [0, 0.1) is 5.92 Å². The largest absolute Gasteiger partial charge is 0.344 e. The third kappa shape index (κ3) is 5.12. The Morgan fingerprint density at radius 3 is 2.67 bits per heavy atom. The molecule has 0 aromatic carbocycles. The zero-order valence-corrected chi connectivity index (χ0v) is 11.1. The number of hydrogen-bond acceptors (Lipinski definition) is 2. The molecule has 0 spiro atoms. The minimum Gasteiger partial charge on any atom is -0.344 e. The van der Waals surface area contributed by atoms with Gasteiger partial charge in [-0.05, 0) is 37.2 Å². The molecular weight excluding hydrogens is 230 g/mol. The van der Waals surface area contributed by atoms with E-state index in [1.165, 1.54) is 24.3 Å². The van der Waals surface area contributed by atoms with Gasteiger partial charge in [-0.3, -0.25) is 4.79 Å². The second-order valence-electron chi connectivity index (χ2n) is 4.31. The van der Waals surface area contributed by atoms with Gasteiger partial charge >= 0.3 is 0 Å². The molecule has 0 aromatic heterocycles. The molecule has 1 aliphatic heterocycles. The topological polar surface area (TPSA) is 20.3 Å². The number of carbonyl (C=O) groups is 1. The third-order valence-corrected chi connectivity index (χ3v) is 3.94. The molecule has 0 saturated carbocycles. The fourth-order valence-corrected chi connectivity index (χ4v) is 3.24. The summed E-state index contributed by atoms with van der Waals surface area (Å²) in [5, 5.41) is 0.0425. The standard InChI is InChI=1S/C11H20ClNOS/c1-9(12)8-13(2)11(14)7-10-3-5-15-6-4-10/h9-10H,3-8H2,1-2H3. The van der Waals surface area contributed by atoms with E-state index in [1.807, 2.05) is 25.7 Å². The van der Waals surface area contributed by atoms with E-state index in [0.717, 1.165) is 0 Å². The molecule has 0 N–H and O–H groups in total. The molecule has 0 bridgehead atoms. The normalized spacial score (nSPS) is 19.9. The second kappa shape index (κ2) is 6.64. The Bertz CT molecular complexity index is 205. The summed E-state index contributed by atoms with van der Waals surface area (Å²) in [6.07, 6.45) is 3.10. The highest BCUT2D eigenvalue weighted by Crippen LogP contribution is 2.25. The second-order valence-corrected chi connectivity index (χ2v) is 6.28. The number of alkyl halides is 1. The molecule has 0 aliphatic carbocycles. The minimum atomic E-state index is 0.0425. The molecule has 1 heterocycles. The molecule has 88 valence electrons. The molecule has 4 heteroatoms. The van der Waals surface area contributed by atoms with Gasteiger partial charge < -0.3 is 4.90 Å². The van der Waals surface area contributed by atoms with E-state index in [9.17, 15) is 4.79 Å². The number of halogens is 1. The maximum absolute atomic E-state index is 11.8. The molecule has 1 aliphatic rings. The van der Waals surface area contributed by atoms with Crippen LogP contribution in [0.2, 0.25) is 0 Å². The van der Waals surface area contributed by atoms with E-state index in [4.69, 9.17) is 11.6 Å². The molecule has 1 fully saturated rings. The third-order valence-electron chi connectivity index (χ3n) is 2.76. The summed E-state index contributed by atoms with van der Waals surface area (Å²) < 4.78 is 0. The highest BCUT2D eigenvalue weighted by molar-refractivity contribution is 7.99. The lowest BCUT2D eigenvalue weighted by atomic mass is 9.98. The van der Waals surface area contributed by atoms with Crippen LogP contribution in [0.15, 0.2) is 0 Å². The monoisotopic (exact) mass is 249 g/mol. The maximum atomic E-state index is 11.8. The van der Waals surface area contributed by atoms with Gasteiger partial charge in [0.2, 0.25) is 5.91 Å². The first-order chi connectivity index (χ1) is 7.09. The molecule has 1 amide bonds. The highest BCUT2D eigenvalue weighted by Gasteiger charge is 2.19. The predicted octanol–water partition coefficient (Wildman–Crippen LogP) is 2.61. The maximum Gasteiger partial charge on any atom is 0.222 e. The Hall–Kier alpha value is 0.110. The van der Waals surface area contributed by atoms with Gasteiger partial charge in [0.05, 0.1) is 0 Å². The first kappa shape index (κ1) is 13.2. The van der Waals surface area contributed by atoms with Crippen molar-refractivity contribution >= 4 is 29.3 Å². The van der Waals surface area contributed by atoms with Gasteiger partial charge in [0.25, 0.3) is 0 Å². The fourth-order valence-electron chi connectivity index (χ4n) is 1.83. The first-order valence-electron chi connectivity index (χ1n) is 5.55. The molecule has 0 aromatic rings. The molecule has 1 saturated heterocycles. The number of rotatable bonds is 4. The van der Waals surface area contributed by atoms with Crippen molar-refractivity contribution in [1.29, 1.82) is 0 Å². The molecule has 1 unspecified atom stereocenters. The van der Waals surface area contributed by atoms with E-state index >= 15 is 0 Å². The summed E-state index contributed by atoms with van der Waals surface area (Å²) in [5.41, 5.74) is 0. The highest BCUT2D eigenvalue weighted by atomic mass is 35.5. The minimum absolute atomic E-state index is 0.0425. The molecule has 2 nitrogen and oxygen atoms in total. The van der Waals surface area contributed by atoms with E-state index in [0.29, 0.717) is 18.9 Å². The summed E-state index contributed by atoms with van der Waals surface area (Å²) in [5.74, 6) is 3.28. The number of amides is 1. The Morgan fingerprint density at radius 2 is 2.13 bits per heavy atom. The van der Waals surface area contributed by atoms with Gasteiger partial charge in [0, 0.05) is 25.4 Å². The van der Waals surface area contributed by atoms with Crippen LogP contribution >= 0.6 is 23.4 Å². The van der Waals surface area contributed by atoms with Crippen molar-refractivity contribution in [3.05, 3.63) is 0 Å². The van der Waals surface area contributed by atoms with Crippen LogP contribution in [0.4, 0.5) is 0 Å². The number of thioether (sulfide) groups is 1. The van der Waals surface area contributed by atoms with E-state index in [-0.39, 0.29) is 11.3 Å². The van der Waals surface area contributed by atoms with Gasteiger partial charge in [-0.2, -0.15) is 11.8 Å². The van der Waals surface area contributed by atoms with Crippen LogP contribution < -0.4 is 0 Å². The van der Waals surface area contributed by atoms with Gasteiger partial charge in [0.15, 0.2) is 0 Å². The van der Waals surface area contributed by atoms with E-state index < -0.39 is 0 Å². The predicted molar refractivity (Wildman–Crippen MR) is 67.6 cm³/mol. The van der Waals surface area contributed by atoms with Crippen LogP contribution in [0.1, 0.15) is 26.2 Å². The molecule has 1 rings (SSSR count). The lowest BCUT2D eigenvalue weighted by molar-refractivity contribution is -0.130. The first-order valence-corrected chi connectivity index (χ1v) is 7.14. The van der Waals surface area contributed by atoms with Crippen molar-refractivity contribution in [2.24, 2.45) is 5.92 Å². The van der Waals surface area contributed by atoms with E-state index in [1.54, 1.807) is 4.90 Å². The average molecular weight is 250 g/mol. The van der Waals surface area contributed by atoms with Crippen molar-refractivity contribution in [3.8, 4) is 0 Å². The van der Waals surface area contributed by atoms with Crippen LogP contribution in [-0.2, 0) is 4.79 Å². The number of nitrogens with zero attached hydrogens (tertiary/aromatic N) is 1. The van der Waals surface area contributed by atoms with Crippen molar-refractivity contribution in [2.75, 3.05) is 25.1 Å². The molecule has 1 atom stereocenters. The Balaban J connectivity index is 2.27. The Labute approximate surface area is 102 Å². The smallest absolute Gasteiger partial charge is 0.222 e.